The highest BCUT2D eigenvalue weighted by molar-refractivity contribution is 6.28. The molecule has 0 aliphatic rings. The Morgan fingerprint density at radius 3 is 1.84 bits per heavy atom. The van der Waals surface area contributed by atoms with E-state index in [1.807, 2.05) is 18.2 Å². The van der Waals surface area contributed by atoms with Gasteiger partial charge in [0, 0.05) is 6.54 Å². The molecule has 0 radical (unpaired) electrons. The van der Waals surface area contributed by atoms with Gasteiger partial charge in [0.25, 0.3) is 5.78 Å². The molecule has 0 aliphatic heterocycles. The number of ketones is 1. The molecule has 0 spiro atoms. The fourth-order valence-corrected chi connectivity index (χ4v) is 3.80. The van der Waals surface area contributed by atoms with Crippen molar-refractivity contribution in [3.63, 3.8) is 0 Å². The molecule has 0 saturated carbocycles. The normalized spacial score (nSPS) is 11.3. The summed E-state index contributed by atoms with van der Waals surface area (Å²) in [5, 5.41) is 2.43. The smallest absolute Gasteiger partial charge is 0.437 e. The summed E-state index contributed by atoms with van der Waals surface area (Å²) >= 11 is 0. The third kappa shape index (κ3) is 11.6. The Morgan fingerprint density at radius 2 is 1.32 bits per heavy atom. The molecule has 3 N–H and O–H groups in total. The Hall–Kier alpha value is -5.81. The Morgan fingerprint density at radius 1 is 0.818 bits per heavy atom. The summed E-state index contributed by atoms with van der Waals surface area (Å²) in [5.74, 6) is -1.20. The topological polar surface area (TPSA) is 186 Å². The summed E-state index contributed by atoms with van der Waals surface area (Å²) in [4.78, 5) is 57.6. The average Bonchev–Trinajstić information content (AvgIpc) is 3.04. The number of benzene rings is 3. The van der Waals surface area contributed by atoms with Gasteiger partial charge in [0.15, 0.2) is 0 Å². The summed E-state index contributed by atoms with van der Waals surface area (Å²) < 4.78 is 15.7. The third-order valence-corrected chi connectivity index (χ3v) is 6.02. The molecule has 13 heteroatoms. The van der Waals surface area contributed by atoms with Crippen molar-refractivity contribution in [2.45, 2.75) is 38.7 Å². The standard InChI is InChI=1S/C31H32N6O7/c32-28(36-30(40)43-21-24-13-6-2-7-14-24)37(31(41)44-22-25-15-8-3-9-16-25)18-10-17-26(27(38)19-34-33)35-29(39)42-20-23-11-4-1-5-12-23/h1-9,11-16,19,26H,10,17-18,20-22H2,(H,35,39)(H2,32,36,40)/t26-/m0/s1. The maximum atomic E-state index is 13.0. The molecule has 3 rings (SSSR count). The molecule has 0 saturated heterocycles. The number of ether oxygens (including phenoxy) is 3. The van der Waals surface area contributed by atoms with Gasteiger partial charge in [-0.1, -0.05) is 91.0 Å². The van der Waals surface area contributed by atoms with Gasteiger partial charge in [-0.2, -0.15) is 4.79 Å². The van der Waals surface area contributed by atoms with E-state index in [2.05, 4.69) is 15.1 Å². The maximum Gasteiger partial charge on any atom is 0.437 e. The molecule has 0 unspecified atom stereocenters. The van der Waals surface area contributed by atoms with Gasteiger partial charge in [0.2, 0.25) is 5.96 Å². The molecule has 0 aliphatic carbocycles. The van der Waals surface area contributed by atoms with Gasteiger partial charge in [-0.25, -0.2) is 19.3 Å². The fourth-order valence-electron chi connectivity index (χ4n) is 3.80. The van der Waals surface area contributed by atoms with Crippen LogP contribution in [0.5, 0.6) is 0 Å². The van der Waals surface area contributed by atoms with Crippen molar-refractivity contribution in [3.05, 3.63) is 113 Å². The van der Waals surface area contributed by atoms with E-state index in [0.29, 0.717) is 11.8 Å². The first kappa shape index (κ1) is 32.7. The highest BCUT2D eigenvalue weighted by Crippen LogP contribution is 2.09. The van der Waals surface area contributed by atoms with Crippen LogP contribution in [-0.2, 0) is 38.8 Å². The van der Waals surface area contributed by atoms with E-state index in [1.165, 1.54) is 0 Å². The Labute approximate surface area is 253 Å². The molecule has 0 aromatic heterocycles. The lowest BCUT2D eigenvalue weighted by atomic mass is 10.1. The number of guanidine groups is 1. The molecular weight excluding hydrogens is 568 g/mol. The molecule has 0 bridgehead atoms. The van der Waals surface area contributed by atoms with Gasteiger partial charge < -0.3 is 30.8 Å². The molecule has 3 aromatic rings. The largest absolute Gasteiger partial charge is 0.445 e. The highest BCUT2D eigenvalue weighted by atomic mass is 16.6. The molecular formula is C31H32N6O7. The lowest BCUT2D eigenvalue weighted by molar-refractivity contribution is -0.118. The van der Waals surface area contributed by atoms with E-state index >= 15 is 0 Å². The SMILES string of the molecule is [N-]=[N+]=CC(=O)[C@H](CCCN(C(=O)OCc1ccccc1)/C(N)=N/C(=O)OCc1ccccc1)NC(=O)OCc1ccccc1. The number of carbonyl (C=O) groups is 4. The predicted octanol–water partition coefficient (Wildman–Crippen LogP) is 4.22. The third-order valence-electron chi connectivity index (χ3n) is 6.02. The van der Waals surface area contributed by atoms with Crippen LogP contribution in [0.1, 0.15) is 29.5 Å². The van der Waals surface area contributed by atoms with Crippen molar-refractivity contribution in [3.8, 4) is 0 Å². The molecule has 13 nitrogen and oxygen atoms in total. The number of nitrogens with zero attached hydrogens (tertiary/aromatic N) is 4. The van der Waals surface area contributed by atoms with Crippen molar-refractivity contribution in [2.75, 3.05) is 6.54 Å². The summed E-state index contributed by atoms with van der Waals surface area (Å²) in [7, 11) is 0. The van der Waals surface area contributed by atoms with E-state index < -0.39 is 36.1 Å². The first-order valence-corrected chi connectivity index (χ1v) is 13.6. The quantitative estimate of drug-likeness (QED) is 0.0959. The van der Waals surface area contributed by atoms with Crippen LogP contribution < -0.4 is 11.1 Å². The first-order valence-electron chi connectivity index (χ1n) is 13.6. The molecule has 3 aromatic carbocycles. The number of hydrogen-bond donors (Lipinski definition) is 2. The van der Waals surface area contributed by atoms with Crippen LogP contribution in [0.3, 0.4) is 0 Å². The zero-order chi connectivity index (χ0) is 31.6. The zero-order valence-corrected chi connectivity index (χ0v) is 23.8. The number of amides is 3. The first-order chi connectivity index (χ1) is 21.4. The van der Waals surface area contributed by atoms with Crippen LogP contribution in [0.4, 0.5) is 14.4 Å². The van der Waals surface area contributed by atoms with Crippen molar-refractivity contribution in [1.82, 2.24) is 10.2 Å². The number of Topliss-reactive ketones (excluding diaryl/α,β-unsaturated/α-hetero) is 1. The van der Waals surface area contributed by atoms with E-state index in [9.17, 15) is 19.2 Å². The number of carbonyl (C=O) groups excluding carboxylic acids is 4. The lowest BCUT2D eigenvalue weighted by Gasteiger charge is -2.22. The Bertz CT molecular complexity index is 1460. The summed E-state index contributed by atoms with van der Waals surface area (Å²) in [5.41, 5.74) is 17.0. The molecule has 1 atom stereocenters. The van der Waals surface area contributed by atoms with E-state index in [4.69, 9.17) is 25.5 Å². The summed E-state index contributed by atoms with van der Waals surface area (Å²) in [6.07, 6.45) is -2.11. The van der Waals surface area contributed by atoms with Crippen molar-refractivity contribution in [2.24, 2.45) is 10.7 Å². The van der Waals surface area contributed by atoms with Crippen LogP contribution in [0.15, 0.2) is 96.0 Å². The fraction of sp³-hybridized carbons (Fsp3) is 0.226. The van der Waals surface area contributed by atoms with Crippen molar-refractivity contribution >= 4 is 36.2 Å². The lowest BCUT2D eigenvalue weighted by Crippen LogP contribution is -2.45. The van der Waals surface area contributed by atoms with Crippen LogP contribution in [0.2, 0.25) is 0 Å². The van der Waals surface area contributed by atoms with Crippen molar-refractivity contribution in [1.29, 1.82) is 0 Å². The minimum atomic E-state index is -1.16. The number of alkyl carbamates (subject to hydrolysis) is 1. The maximum absolute atomic E-state index is 13.0. The van der Waals surface area contributed by atoms with Crippen LogP contribution in [-0.4, -0.2) is 58.5 Å². The molecule has 228 valence electrons. The minimum Gasteiger partial charge on any atom is -0.445 e. The highest BCUT2D eigenvalue weighted by Gasteiger charge is 2.25. The van der Waals surface area contributed by atoms with E-state index in [1.54, 1.807) is 72.8 Å². The minimum absolute atomic E-state index is 0.0283. The van der Waals surface area contributed by atoms with Gasteiger partial charge in [-0.15, -0.1) is 4.99 Å². The average molecular weight is 601 g/mol. The van der Waals surface area contributed by atoms with Gasteiger partial charge in [0.05, 0.1) is 0 Å². The molecule has 0 fully saturated rings. The number of aliphatic imine (C=N–C) groups is 1. The second-order valence-electron chi connectivity index (χ2n) is 9.25. The van der Waals surface area contributed by atoms with Crippen LogP contribution >= 0.6 is 0 Å². The molecule has 44 heavy (non-hydrogen) atoms. The zero-order valence-electron chi connectivity index (χ0n) is 23.8. The van der Waals surface area contributed by atoms with Crippen molar-refractivity contribution < 1.29 is 38.2 Å². The van der Waals surface area contributed by atoms with E-state index in [0.717, 1.165) is 16.0 Å². The monoisotopic (exact) mass is 600 g/mol. The molecule has 3 amide bonds. The van der Waals surface area contributed by atoms with Gasteiger partial charge in [0.1, 0.15) is 25.9 Å². The van der Waals surface area contributed by atoms with Crippen LogP contribution in [0, 0.1) is 0 Å². The summed E-state index contributed by atoms with van der Waals surface area (Å²) in [6, 6.07) is 25.6. The van der Waals surface area contributed by atoms with E-state index in [-0.39, 0.29) is 39.2 Å². The van der Waals surface area contributed by atoms with Crippen LogP contribution in [0.25, 0.3) is 5.53 Å². The second-order valence-corrected chi connectivity index (χ2v) is 9.25. The van der Waals surface area contributed by atoms with Gasteiger partial charge >= 0.3 is 24.5 Å². The predicted molar refractivity (Wildman–Crippen MR) is 159 cm³/mol. The number of nitrogens with two attached hydrogens (primary N) is 1. The van der Waals surface area contributed by atoms with Gasteiger partial charge in [-0.3, -0.25) is 4.79 Å². The Kier molecular flexibility index (Phi) is 13.3. The number of nitrogens with one attached hydrogen (secondary N) is 1. The number of hydrogen-bond acceptors (Lipinski definition) is 7. The second kappa shape index (κ2) is 17.9. The Balaban J connectivity index is 1.65. The summed E-state index contributed by atoms with van der Waals surface area (Å²) in [6.45, 7) is -0.326. The molecule has 0 heterocycles. The number of rotatable bonds is 13. The van der Waals surface area contributed by atoms with Gasteiger partial charge in [-0.05, 0) is 29.5 Å².